The number of halogens is 1. The molecule has 0 spiro atoms. The number of hydrogen-bond donors (Lipinski definition) is 3. The standard InChI is InChI=1S/C23H22ClN3O5/c24-15-10-16-22(26-19(15)14-7-5-13(6-8-14)4-2-1-3-9-28)27-23(25-16)32-18-12-31-20-17(29)11-30-21(18)20/h5-8,10,17-18,20-21,28-29H,1,3,9,11-12H2,(H,25,26,27)/t17-,18-,20-,21-/m1/s1. The largest absolute Gasteiger partial charge is 0.456 e. The van der Waals surface area contributed by atoms with Crippen molar-refractivity contribution in [2.24, 2.45) is 0 Å². The predicted molar refractivity (Wildman–Crippen MR) is 117 cm³/mol. The first-order valence-electron chi connectivity index (χ1n) is 10.5. The zero-order chi connectivity index (χ0) is 22.1. The Labute approximate surface area is 189 Å². The lowest BCUT2D eigenvalue weighted by atomic mass is 10.1. The third-order valence-electron chi connectivity index (χ3n) is 5.50. The number of nitrogens with zero attached hydrogens (tertiary/aromatic N) is 2. The summed E-state index contributed by atoms with van der Waals surface area (Å²) < 4.78 is 17.1. The maximum atomic E-state index is 9.88. The van der Waals surface area contributed by atoms with E-state index in [9.17, 15) is 5.11 Å². The number of benzene rings is 1. The summed E-state index contributed by atoms with van der Waals surface area (Å²) in [6.07, 6.45) is -0.359. The van der Waals surface area contributed by atoms with Crippen molar-refractivity contribution in [2.45, 2.75) is 37.3 Å². The SMILES string of the molecule is OCCCC#Cc1ccc(-c2nc3nc(O[C@@H]4CO[C@H]5[C@@H]4OC[C@H]5O)[nH]c3cc2Cl)cc1. The van der Waals surface area contributed by atoms with Gasteiger partial charge < -0.3 is 29.4 Å². The van der Waals surface area contributed by atoms with E-state index in [1.165, 1.54) is 0 Å². The molecule has 9 heteroatoms. The van der Waals surface area contributed by atoms with Crippen molar-refractivity contribution in [3.8, 4) is 29.1 Å². The van der Waals surface area contributed by atoms with Gasteiger partial charge in [0.25, 0.3) is 6.01 Å². The number of aliphatic hydroxyl groups is 2. The topological polar surface area (TPSA) is 110 Å². The van der Waals surface area contributed by atoms with Crippen LogP contribution < -0.4 is 4.74 Å². The van der Waals surface area contributed by atoms with Crippen LogP contribution in [0, 0.1) is 11.8 Å². The molecule has 8 nitrogen and oxygen atoms in total. The van der Waals surface area contributed by atoms with Crippen molar-refractivity contribution in [3.63, 3.8) is 0 Å². The van der Waals surface area contributed by atoms with Gasteiger partial charge in [0.2, 0.25) is 0 Å². The maximum Gasteiger partial charge on any atom is 0.296 e. The minimum absolute atomic E-state index is 0.145. The summed E-state index contributed by atoms with van der Waals surface area (Å²) in [4.78, 5) is 12.1. The van der Waals surface area contributed by atoms with Crippen molar-refractivity contribution in [2.75, 3.05) is 19.8 Å². The number of nitrogens with one attached hydrogen (secondary N) is 1. The number of H-pyrrole nitrogens is 1. The second kappa shape index (κ2) is 9.06. The number of hydrogen-bond acceptors (Lipinski definition) is 7. The molecule has 2 fully saturated rings. The van der Waals surface area contributed by atoms with E-state index in [0.29, 0.717) is 47.3 Å². The first-order chi connectivity index (χ1) is 15.6. The molecule has 0 aliphatic carbocycles. The number of ether oxygens (including phenoxy) is 3. The Bertz CT molecular complexity index is 1170. The van der Waals surface area contributed by atoms with Gasteiger partial charge in [-0.15, -0.1) is 0 Å². The molecule has 2 aliphatic rings. The zero-order valence-corrected chi connectivity index (χ0v) is 17.9. The number of unbranched alkanes of at least 4 members (excludes halogenated alkanes) is 1. The summed E-state index contributed by atoms with van der Waals surface area (Å²) in [5.41, 5.74) is 3.49. The molecule has 5 rings (SSSR count). The Balaban J connectivity index is 1.34. The van der Waals surface area contributed by atoms with Gasteiger partial charge in [0.1, 0.15) is 18.3 Å². The predicted octanol–water partition coefficient (Wildman–Crippen LogP) is 2.31. The summed E-state index contributed by atoms with van der Waals surface area (Å²) >= 11 is 6.49. The molecule has 32 heavy (non-hydrogen) atoms. The van der Waals surface area contributed by atoms with Crippen molar-refractivity contribution >= 4 is 22.8 Å². The molecule has 0 saturated carbocycles. The summed E-state index contributed by atoms with van der Waals surface area (Å²) in [5, 5.41) is 19.2. The van der Waals surface area contributed by atoms with Gasteiger partial charge in [-0.3, -0.25) is 0 Å². The number of pyridine rings is 1. The first-order valence-corrected chi connectivity index (χ1v) is 10.8. The van der Waals surface area contributed by atoms with Crippen LogP contribution in [0.4, 0.5) is 0 Å². The third-order valence-corrected chi connectivity index (χ3v) is 5.79. The van der Waals surface area contributed by atoms with E-state index >= 15 is 0 Å². The van der Waals surface area contributed by atoms with Gasteiger partial charge in [0, 0.05) is 24.2 Å². The van der Waals surface area contributed by atoms with Crippen LogP contribution >= 0.6 is 11.6 Å². The van der Waals surface area contributed by atoms with Gasteiger partial charge in [0.15, 0.2) is 11.8 Å². The van der Waals surface area contributed by atoms with Gasteiger partial charge in [-0.05, 0) is 24.6 Å². The van der Waals surface area contributed by atoms with Crippen LogP contribution in [0.1, 0.15) is 18.4 Å². The molecule has 0 amide bonds. The minimum Gasteiger partial charge on any atom is -0.456 e. The molecule has 2 aliphatic heterocycles. The molecular formula is C23H22ClN3O5. The van der Waals surface area contributed by atoms with Gasteiger partial charge in [-0.25, -0.2) is 4.98 Å². The Hall–Kier alpha value is -2.67. The van der Waals surface area contributed by atoms with E-state index in [4.69, 9.17) is 30.9 Å². The van der Waals surface area contributed by atoms with Crippen LogP contribution in [-0.2, 0) is 9.47 Å². The second-order valence-electron chi connectivity index (χ2n) is 7.76. The molecule has 0 bridgehead atoms. The molecule has 2 saturated heterocycles. The summed E-state index contributed by atoms with van der Waals surface area (Å²) in [5.74, 6) is 6.11. The highest BCUT2D eigenvalue weighted by Crippen LogP contribution is 2.32. The molecule has 3 aromatic rings. The number of aliphatic hydroxyl groups excluding tert-OH is 2. The summed E-state index contributed by atoms with van der Waals surface area (Å²) in [6, 6.07) is 9.72. The molecule has 1 aromatic carbocycles. The van der Waals surface area contributed by atoms with Crippen molar-refractivity contribution < 1.29 is 24.4 Å². The maximum absolute atomic E-state index is 9.88. The van der Waals surface area contributed by atoms with Crippen LogP contribution in [0.25, 0.3) is 22.4 Å². The smallest absolute Gasteiger partial charge is 0.296 e. The average molecular weight is 456 g/mol. The molecule has 166 valence electrons. The highest BCUT2D eigenvalue weighted by molar-refractivity contribution is 6.33. The number of aromatic nitrogens is 3. The van der Waals surface area contributed by atoms with Crippen molar-refractivity contribution in [1.29, 1.82) is 0 Å². The van der Waals surface area contributed by atoms with Gasteiger partial charge in [0.05, 0.1) is 29.4 Å². The molecule has 0 radical (unpaired) electrons. The average Bonchev–Trinajstić information content (AvgIpc) is 3.48. The summed E-state index contributed by atoms with van der Waals surface area (Å²) in [6.45, 7) is 0.702. The number of fused-ring (bicyclic) bond motifs is 2. The second-order valence-corrected chi connectivity index (χ2v) is 8.16. The minimum atomic E-state index is -0.634. The number of imidazole rings is 1. The van der Waals surface area contributed by atoms with E-state index in [1.807, 2.05) is 24.3 Å². The third kappa shape index (κ3) is 4.18. The molecule has 4 heterocycles. The molecule has 0 unspecified atom stereocenters. The Kier molecular flexibility index (Phi) is 6.00. The lowest BCUT2D eigenvalue weighted by Crippen LogP contribution is -2.34. The van der Waals surface area contributed by atoms with Crippen LogP contribution in [0.15, 0.2) is 30.3 Å². The highest BCUT2D eigenvalue weighted by atomic mass is 35.5. The zero-order valence-electron chi connectivity index (χ0n) is 17.1. The lowest BCUT2D eigenvalue weighted by Gasteiger charge is -2.15. The fraction of sp³-hybridized carbons (Fsp3) is 0.391. The highest BCUT2D eigenvalue weighted by Gasteiger charge is 2.48. The van der Waals surface area contributed by atoms with Crippen LogP contribution in [0.5, 0.6) is 6.01 Å². The van der Waals surface area contributed by atoms with E-state index in [1.54, 1.807) is 6.07 Å². The Morgan fingerprint density at radius 2 is 1.97 bits per heavy atom. The normalized spacial score (nSPS) is 24.3. The summed E-state index contributed by atoms with van der Waals surface area (Å²) in [7, 11) is 0. The fourth-order valence-electron chi connectivity index (χ4n) is 3.89. The van der Waals surface area contributed by atoms with E-state index in [-0.39, 0.29) is 31.5 Å². The molecule has 4 atom stereocenters. The quantitative estimate of drug-likeness (QED) is 0.400. The van der Waals surface area contributed by atoms with Gasteiger partial charge in [-0.2, -0.15) is 4.98 Å². The van der Waals surface area contributed by atoms with Gasteiger partial charge in [-0.1, -0.05) is 35.6 Å². The Morgan fingerprint density at radius 3 is 2.78 bits per heavy atom. The van der Waals surface area contributed by atoms with E-state index in [2.05, 4.69) is 26.8 Å². The van der Waals surface area contributed by atoms with Crippen LogP contribution in [0.2, 0.25) is 5.02 Å². The lowest BCUT2D eigenvalue weighted by molar-refractivity contribution is 0.00706. The van der Waals surface area contributed by atoms with Crippen LogP contribution in [0.3, 0.4) is 0 Å². The number of rotatable bonds is 5. The molecule has 2 aromatic heterocycles. The van der Waals surface area contributed by atoms with Gasteiger partial charge >= 0.3 is 0 Å². The first kappa shape index (κ1) is 21.2. The van der Waals surface area contributed by atoms with E-state index < -0.39 is 6.10 Å². The van der Waals surface area contributed by atoms with Crippen molar-refractivity contribution in [3.05, 3.63) is 40.9 Å². The number of aromatic amines is 1. The van der Waals surface area contributed by atoms with Crippen molar-refractivity contribution in [1.82, 2.24) is 15.0 Å². The Morgan fingerprint density at radius 1 is 1.16 bits per heavy atom. The monoisotopic (exact) mass is 455 g/mol. The molecular weight excluding hydrogens is 434 g/mol. The van der Waals surface area contributed by atoms with Crippen LogP contribution in [-0.4, -0.2) is 69.4 Å². The molecule has 3 N–H and O–H groups in total. The fourth-order valence-corrected chi connectivity index (χ4v) is 4.15. The van der Waals surface area contributed by atoms with E-state index in [0.717, 1.165) is 11.1 Å².